The van der Waals surface area contributed by atoms with Crippen LogP contribution in [0.5, 0.6) is 0 Å². The number of rotatable bonds is 8. The first-order valence-electron chi connectivity index (χ1n) is 10.2. The Balaban J connectivity index is 0.00000363. The molecule has 1 amide bonds. The van der Waals surface area contributed by atoms with E-state index in [9.17, 15) is 14.9 Å². The topological polar surface area (TPSA) is 104 Å². The summed E-state index contributed by atoms with van der Waals surface area (Å²) in [6.45, 7) is 3.74. The van der Waals surface area contributed by atoms with Gasteiger partial charge in [0.2, 0.25) is 0 Å². The number of hydrogen-bond acceptors (Lipinski definition) is 6. The lowest BCUT2D eigenvalue weighted by atomic mass is 10.2. The zero-order valence-electron chi connectivity index (χ0n) is 17.9. The molecule has 0 aliphatic carbocycles. The summed E-state index contributed by atoms with van der Waals surface area (Å²) in [6, 6.07) is 9.84. The number of amides is 1. The molecule has 1 aromatic carbocycles. The van der Waals surface area contributed by atoms with Gasteiger partial charge >= 0.3 is 0 Å². The van der Waals surface area contributed by atoms with Gasteiger partial charge in [-0.05, 0) is 36.1 Å². The predicted octanol–water partition coefficient (Wildman–Crippen LogP) is 3.46. The summed E-state index contributed by atoms with van der Waals surface area (Å²) in [5, 5.41) is 14.3. The molecule has 32 heavy (non-hydrogen) atoms. The molecule has 0 atom stereocenters. The van der Waals surface area contributed by atoms with Crippen LogP contribution in [-0.2, 0) is 6.54 Å². The minimum absolute atomic E-state index is 0. The fourth-order valence-electron chi connectivity index (χ4n) is 3.25. The highest BCUT2D eigenvalue weighted by molar-refractivity contribution is 14.0. The van der Waals surface area contributed by atoms with Gasteiger partial charge in [0.1, 0.15) is 0 Å². The highest BCUT2D eigenvalue weighted by Gasteiger charge is 2.25. The Morgan fingerprint density at radius 3 is 2.47 bits per heavy atom. The maximum Gasteiger partial charge on any atom is 0.289 e. The summed E-state index contributed by atoms with van der Waals surface area (Å²) in [7, 11) is 0. The molecule has 0 saturated carbocycles. The van der Waals surface area contributed by atoms with Crippen LogP contribution >= 0.6 is 35.7 Å². The lowest BCUT2D eigenvalue weighted by Crippen LogP contribution is -2.54. The third-order valence-electron chi connectivity index (χ3n) is 4.97. The number of guanidine groups is 1. The number of benzene rings is 1. The number of nitro groups is 1. The van der Waals surface area contributed by atoms with E-state index in [1.54, 1.807) is 40.9 Å². The lowest BCUT2D eigenvalue weighted by molar-refractivity contribution is -0.384. The second kappa shape index (κ2) is 13.3. The lowest BCUT2D eigenvalue weighted by Gasteiger charge is -2.36. The zero-order valence-corrected chi connectivity index (χ0v) is 21.1. The second-order valence-corrected chi connectivity index (χ2v) is 8.08. The average molecular weight is 573 g/mol. The molecule has 0 unspecified atom stereocenters. The van der Waals surface area contributed by atoms with Crippen molar-refractivity contribution in [2.75, 3.05) is 44.7 Å². The van der Waals surface area contributed by atoms with Gasteiger partial charge in [-0.15, -0.1) is 24.0 Å². The van der Waals surface area contributed by atoms with Crippen LogP contribution in [0.2, 0.25) is 0 Å². The Bertz CT molecular complexity index is 884. The minimum Gasteiger partial charge on any atom is -0.459 e. The number of hydrogen-bond donors (Lipinski definition) is 1. The number of nitrogens with one attached hydrogen (secondary N) is 1. The molecule has 1 aliphatic heterocycles. The van der Waals surface area contributed by atoms with Gasteiger partial charge in [0.05, 0.1) is 17.7 Å². The number of carbonyl (C=O) groups is 1. The predicted molar refractivity (Wildman–Crippen MR) is 137 cm³/mol. The van der Waals surface area contributed by atoms with Gasteiger partial charge < -0.3 is 19.5 Å². The van der Waals surface area contributed by atoms with Crippen LogP contribution < -0.4 is 5.32 Å². The Morgan fingerprint density at radius 2 is 1.88 bits per heavy atom. The molecule has 9 nitrogen and oxygen atoms in total. The molecule has 174 valence electrons. The van der Waals surface area contributed by atoms with Crippen molar-refractivity contribution in [1.82, 2.24) is 15.1 Å². The van der Waals surface area contributed by atoms with Gasteiger partial charge in [-0.3, -0.25) is 14.9 Å². The fraction of sp³-hybridized carbons (Fsp3) is 0.429. The highest BCUT2D eigenvalue weighted by Crippen LogP contribution is 2.13. The molecule has 2 aromatic rings. The van der Waals surface area contributed by atoms with Crippen LogP contribution in [0.1, 0.15) is 22.5 Å². The van der Waals surface area contributed by atoms with Crippen LogP contribution in [0.4, 0.5) is 5.69 Å². The van der Waals surface area contributed by atoms with E-state index in [2.05, 4.69) is 16.5 Å². The maximum atomic E-state index is 12.5. The number of nitrogens with zero attached hydrogens (tertiary/aromatic N) is 4. The number of furan rings is 1. The summed E-state index contributed by atoms with van der Waals surface area (Å²) in [5.41, 5.74) is 0.973. The van der Waals surface area contributed by atoms with Crippen LogP contribution in [0.15, 0.2) is 52.1 Å². The number of thioether (sulfide) groups is 1. The molecular weight excluding hydrogens is 545 g/mol. The molecule has 1 aromatic heterocycles. The fourth-order valence-corrected chi connectivity index (χ4v) is 3.68. The Hall–Kier alpha value is -2.28. The highest BCUT2D eigenvalue weighted by atomic mass is 127. The molecule has 1 N–H and O–H groups in total. The number of carbonyl (C=O) groups excluding carboxylic acids is 1. The first kappa shape index (κ1) is 26.0. The van der Waals surface area contributed by atoms with Crippen molar-refractivity contribution >= 4 is 53.3 Å². The van der Waals surface area contributed by atoms with E-state index in [0.29, 0.717) is 38.5 Å². The Kier molecular flexibility index (Phi) is 10.8. The van der Waals surface area contributed by atoms with E-state index in [0.717, 1.165) is 30.2 Å². The summed E-state index contributed by atoms with van der Waals surface area (Å²) in [4.78, 5) is 31.6. The first-order valence-corrected chi connectivity index (χ1v) is 11.6. The van der Waals surface area contributed by atoms with Gasteiger partial charge in [0.25, 0.3) is 11.6 Å². The van der Waals surface area contributed by atoms with Crippen molar-refractivity contribution < 1.29 is 14.1 Å². The Morgan fingerprint density at radius 1 is 1.19 bits per heavy atom. The number of halogens is 1. The average Bonchev–Trinajstić information content (AvgIpc) is 3.33. The van der Waals surface area contributed by atoms with Crippen molar-refractivity contribution in [2.45, 2.75) is 13.0 Å². The van der Waals surface area contributed by atoms with Gasteiger partial charge in [0, 0.05) is 44.9 Å². The molecule has 1 fully saturated rings. The van der Waals surface area contributed by atoms with Gasteiger partial charge in [-0.25, -0.2) is 4.99 Å². The zero-order chi connectivity index (χ0) is 22.1. The molecule has 0 radical (unpaired) electrons. The van der Waals surface area contributed by atoms with Crippen LogP contribution in [0.3, 0.4) is 0 Å². The maximum absolute atomic E-state index is 12.5. The molecular formula is C21H28IN5O4S. The molecule has 11 heteroatoms. The van der Waals surface area contributed by atoms with E-state index in [4.69, 9.17) is 9.41 Å². The van der Waals surface area contributed by atoms with Crippen LogP contribution in [-0.4, -0.2) is 71.3 Å². The van der Waals surface area contributed by atoms with Crippen molar-refractivity contribution in [3.05, 3.63) is 64.1 Å². The molecule has 2 heterocycles. The summed E-state index contributed by atoms with van der Waals surface area (Å²) >= 11 is 1.80. The van der Waals surface area contributed by atoms with Crippen LogP contribution in [0, 0.1) is 10.1 Å². The number of nitro benzene ring substituents is 1. The quantitative estimate of drug-likeness (QED) is 0.129. The SMILES string of the molecule is CSCCCNC(=NCc1ccc([N+](=O)[O-])cc1)N1CCN(C(=O)c2ccco2)CC1.I. The third-order valence-corrected chi connectivity index (χ3v) is 5.66. The molecule has 0 spiro atoms. The summed E-state index contributed by atoms with van der Waals surface area (Å²) < 4.78 is 5.22. The summed E-state index contributed by atoms with van der Waals surface area (Å²) in [6.07, 6.45) is 4.61. The number of non-ortho nitro benzene ring substituents is 1. The summed E-state index contributed by atoms with van der Waals surface area (Å²) in [5.74, 6) is 2.12. The number of aliphatic imine (C=N–C) groups is 1. The standard InChI is InChI=1S/C21H27N5O4S.HI/c1-31-15-3-9-22-21(23-16-17-5-7-18(8-6-17)26(28)29)25-12-10-24(11-13-25)20(27)19-4-2-14-30-19;/h2,4-8,14H,3,9-13,15-16H2,1H3,(H,22,23);1H. The monoisotopic (exact) mass is 573 g/mol. The van der Waals surface area contributed by atoms with Gasteiger partial charge in [0.15, 0.2) is 11.7 Å². The van der Waals surface area contributed by atoms with Gasteiger partial charge in [-0.1, -0.05) is 12.1 Å². The normalized spacial score (nSPS) is 14.1. The van der Waals surface area contributed by atoms with E-state index in [-0.39, 0.29) is 35.6 Å². The second-order valence-electron chi connectivity index (χ2n) is 7.09. The molecule has 1 aliphatic rings. The van der Waals surface area contributed by atoms with E-state index in [1.807, 2.05) is 0 Å². The van der Waals surface area contributed by atoms with E-state index < -0.39 is 4.92 Å². The molecule has 0 bridgehead atoms. The molecule has 3 rings (SSSR count). The largest absolute Gasteiger partial charge is 0.459 e. The number of piperazine rings is 1. The first-order chi connectivity index (χ1) is 15.1. The van der Waals surface area contributed by atoms with E-state index >= 15 is 0 Å². The third kappa shape index (κ3) is 7.40. The van der Waals surface area contributed by atoms with Gasteiger partial charge in [-0.2, -0.15) is 11.8 Å². The minimum atomic E-state index is -0.407. The molecule has 1 saturated heterocycles. The van der Waals surface area contributed by atoms with Crippen molar-refractivity contribution in [3.63, 3.8) is 0 Å². The smallest absolute Gasteiger partial charge is 0.289 e. The van der Waals surface area contributed by atoms with Crippen molar-refractivity contribution in [1.29, 1.82) is 0 Å². The van der Waals surface area contributed by atoms with Crippen molar-refractivity contribution in [3.8, 4) is 0 Å². The van der Waals surface area contributed by atoms with Crippen molar-refractivity contribution in [2.24, 2.45) is 4.99 Å². The van der Waals surface area contributed by atoms with Crippen LogP contribution in [0.25, 0.3) is 0 Å². The Labute approximate surface area is 208 Å². The van der Waals surface area contributed by atoms with E-state index in [1.165, 1.54) is 18.4 Å².